The van der Waals surface area contributed by atoms with Gasteiger partial charge in [-0.3, -0.25) is 34.3 Å². The number of hydrogen-bond donors (Lipinski definition) is 2. The highest BCUT2D eigenvalue weighted by atomic mass is 19.1. The monoisotopic (exact) mass is 798 g/mol. The lowest BCUT2D eigenvalue weighted by Gasteiger charge is -2.37. The summed E-state index contributed by atoms with van der Waals surface area (Å²) in [5, 5.41) is 12.2. The number of piperidine rings is 3. The number of aromatic hydroxyl groups is 1. The molecule has 4 aliphatic heterocycles. The van der Waals surface area contributed by atoms with E-state index in [0.717, 1.165) is 105 Å². The molecule has 4 amide bonds. The first-order chi connectivity index (χ1) is 28.7. The number of halogens is 1. The number of fused-ring (bicyclic) bond motifs is 1. The van der Waals surface area contributed by atoms with Gasteiger partial charge in [0, 0.05) is 19.5 Å². The molecule has 4 heterocycles. The Kier molecular flexibility index (Phi) is 12.0. The fourth-order valence-corrected chi connectivity index (χ4v) is 9.32. The summed E-state index contributed by atoms with van der Waals surface area (Å²) in [4.78, 5) is 56.4. The lowest BCUT2D eigenvalue weighted by Crippen LogP contribution is -2.54. The Balaban J connectivity index is 0.797. The van der Waals surface area contributed by atoms with E-state index in [-0.39, 0.29) is 35.6 Å². The molecular weight excluding hydrogens is 748 g/mol. The van der Waals surface area contributed by atoms with E-state index >= 15 is 4.39 Å². The zero-order valence-corrected chi connectivity index (χ0v) is 33.5. The molecule has 59 heavy (non-hydrogen) atoms. The minimum Gasteiger partial charge on any atom is -0.508 e. The highest BCUT2D eigenvalue weighted by Gasteiger charge is 2.45. The second-order valence-corrected chi connectivity index (χ2v) is 16.2. The molecule has 0 spiro atoms. The number of phenolic OH excluding ortho intramolecular Hbond substituents is 1. The van der Waals surface area contributed by atoms with E-state index in [2.05, 4.69) is 58.4 Å². The van der Waals surface area contributed by atoms with Crippen molar-refractivity contribution in [2.75, 3.05) is 45.9 Å². The van der Waals surface area contributed by atoms with Gasteiger partial charge in [0.05, 0.1) is 11.1 Å². The second-order valence-electron chi connectivity index (χ2n) is 16.2. The molecule has 0 aliphatic carbocycles. The molecule has 0 aromatic heterocycles. The fourth-order valence-electron chi connectivity index (χ4n) is 9.32. The molecule has 11 heteroatoms. The second kappa shape index (κ2) is 17.7. The van der Waals surface area contributed by atoms with E-state index in [9.17, 15) is 24.3 Å². The highest BCUT2D eigenvalue weighted by Crippen LogP contribution is 2.37. The van der Waals surface area contributed by atoms with Gasteiger partial charge in [0.15, 0.2) is 0 Å². The lowest BCUT2D eigenvalue weighted by molar-refractivity contribution is -0.136. The van der Waals surface area contributed by atoms with Crippen molar-refractivity contribution in [3.8, 4) is 11.5 Å². The summed E-state index contributed by atoms with van der Waals surface area (Å²) in [5.74, 6) is -1.30. The minimum absolute atomic E-state index is 0.0236. The Morgan fingerprint density at radius 2 is 1.39 bits per heavy atom. The van der Waals surface area contributed by atoms with Crippen molar-refractivity contribution in [2.45, 2.75) is 63.8 Å². The predicted octanol–water partition coefficient (Wildman–Crippen LogP) is 7.27. The number of benzene rings is 4. The van der Waals surface area contributed by atoms with Gasteiger partial charge in [-0.25, -0.2) is 4.39 Å². The molecule has 10 nitrogen and oxygen atoms in total. The summed E-state index contributed by atoms with van der Waals surface area (Å²) in [7, 11) is 0. The van der Waals surface area contributed by atoms with E-state index in [1.807, 2.05) is 30.3 Å². The van der Waals surface area contributed by atoms with Crippen LogP contribution in [0.25, 0.3) is 11.1 Å². The Hall–Kier alpha value is -5.65. The SMILES string of the molecule is CCC(=C(c1ccc(O)cc1)c1ccc(OCCN2CCC(CN3CCC(c4cc5c(cc4F)C(=O)N(C4CCC(=O)NC4=O)C5=O)CC3)CC2)cc1)c1ccccc1. The van der Waals surface area contributed by atoms with E-state index in [1.165, 1.54) is 17.2 Å². The van der Waals surface area contributed by atoms with Gasteiger partial charge in [-0.05, 0) is 146 Å². The van der Waals surface area contributed by atoms with E-state index < -0.39 is 35.5 Å². The predicted molar refractivity (Wildman–Crippen MR) is 223 cm³/mol. The van der Waals surface area contributed by atoms with Gasteiger partial charge in [0.2, 0.25) is 11.8 Å². The smallest absolute Gasteiger partial charge is 0.262 e. The van der Waals surface area contributed by atoms with Crippen LogP contribution in [-0.2, 0) is 9.59 Å². The molecule has 8 rings (SSSR count). The van der Waals surface area contributed by atoms with Crippen LogP contribution in [0.5, 0.6) is 11.5 Å². The quantitative estimate of drug-likeness (QED) is 0.114. The number of phenols is 1. The molecule has 0 radical (unpaired) electrons. The van der Waals surface area contributed by atoms with Crippen LogP contribution in [0, 0.1) is 11.7 Å². The van der Waals surface area contributed by atoms with Crippen LogP contribution >= 0.6 is 0 Å². The van der Waals surface area contributed by atoms with Gasteiger partial charge in [0.25, 0.3) is 11.8 Å². The maximum atomic E-state index is 15.5. The maximum Gasteiger partial charge on any atom is 0.262 e. The van der Waals surface area contributed by atoms with Crippen molar-refractivity contribution >= 4 is 34.8 Å². The summed E-state index contributed by atoms with van der Waals surface area (Å²) >= 11 is 0. The third-order valence-corrected chi connectivity index (χ3v) is 12.6. The largest absolute Gasteiger partial charge is 0.508 e. The van der Waals surface area contributed by atoms with Crippen molar-refractivity contribution in [1.82, 2.24) is 20.0 Å². The lowest BCUT2D eigenvalue weighted by atomic mass is 9.86. The van der Waals surface area contributed by atoms with Crippen LogP contribution in [0.4, 0.5) is 4.39 Å². The molecule has 0 saturated carbocycles. The molecule has 4 aromatic rings. The Morgan fingerprint density at radius 3 is 2.03 bits per heavy atom. The normalized spacial score (nSPS) is 20.1. The van der Waals surface area contributed by atoms with E-state index in [0.29, 0.717) is 18.1 Å². The number of ether oxygens (including phenoxy) is 1. The Labute approximate surface area is 344 Å². The topological polar surface area (TPSA) is 119 Å². The first-order valence-corrected chi connectivity index (χ1v) is 21.0. The number of likely N-dealkylation sites (tertiary alicyclic amines) is 2. The summed E-state index contributed by atoms with van der Waals surface area (Å²) < 4.78 is 21.7. The number of rotatable bonds is 12. The molecular formula is C48H51FN4O6. The van der Waals surface area contributed by atoms with Crippen molar-refractivity contribution in [3.63, 3.8) is 0 Å². The summed E-state index contributed by atoms with van der Waals surface area (Å²) in [6.07, 6.45) is 4.69. The summed E-state index contributed by atoms with van der Waals surface area (Å²) in [6.45, 7) is 8.36. The van der Waals surface area contributed by atoms with Crippen LogP contribution in [-0.4, -0.2) is 95.4 Å². The minimum atomic E-state index is -1.07. The standard InChI is InChI=1S/C48H51FN4O6/c1-2-38(32-6-4-3-5-7-32)45(34-8-12-36(54)13-9-34)35-10-14-37(15-11-35)59-27-26-51-22-18-31(19-23-51)30-52-24-20-33(21-25-52)39-28-40-41(29-42(39)49)48(58)53(47(40)57)43-16-17-44(55)50-46(43)56/h3-15,28-29,31,33,43,54H,2,16-27,30H2,1H3,(H,50,55,56). The van der Waals surface area contributed by atoms with E-state index in [4.69, 9.17) is 4.74 Å². The molecule has 4 aliphatic rings. The van der Waals surface area contributed by atoms with Crippen molar-refractivity contribution < 1.29 is 33.4 Å². The average molecular weight is 799 g/mol. The number of amides is 4. The number of nitrogens with one attached hydrogen (secondary N) is 1. The number of nitrogens with zero attached hydrogens (tertiary/aromatic N) is 3. The van der Waals surface area contributed by atoms with Gasteiger partial charge in [-0.2, -0.15) is 0 Å². The first-order valence-electron chi connectivity index (χ1n) is 21.0. The van der Waals surface area contributed by atoms with Gasteiger partial charge >= 0.3 is 0 Å². The number of carbonyl (C=O) groups excluding carboxylic acids is 4. The molecule has 1 unspecified atom stereocenters. The molecule has 2 N–H and O–H groups in total. The zero-order chi connectivity index (χ0) is 41.0. The summed E-state index contributed by atoms with van der Waals surface area (Å²) in [5.41, 5.74) is 6.27. The van der Waals surface area contributed by atoms with Crippen LogP contribution in [0.3, 0.4) is 0 Å². The molecule has 306 valence electrons. The Bertz CT molecular complexity index is 2230. The van der Waals surface area contributed by atoms with Crippen molar-refractivity contribution in [3.05, 3.63) is 130 Å². The number of allylic oxidation sites excluding steroid dienone is 1. The van der Waals surface area contributed by atoms with Crippen molar-refractivity contribution in [2.24, 2.45) is 5.92 Å². The van der Waals surface area contributed by atoms with Crippen LogP contribution in [0.15, 0.2) is 91.0 Å². The Morgan fingerprint density at radius 1 is 0.763 bits per heavy atom. The van der Waals surface area contributed by atoms with Gasteiger partial charge in [-0.1, -0.05) is 61.5 Å². The van der Waals surface area contributed by atoms with Crippen LogP contribution in [0.2, 0.25) is 0 Å². The van der Waals surface area contributed by atoms with Gasteiger partial charge < -0.3 is 14.7 Å². The molecule has 3 saturated heterocycles. The first kappa shape index (κ1) is 40.1. The fraction of sp³-hybridized carbons (Fsp3) is 0.375. The third kappa shape index (κ3) is 8.72. The van der Waals surface area contributed by atoms with Crippen LogP contribution < -0.4 is 10.1 Å². The summed E-state index contributed by atoms with van der Waals surface area (Å²) in [6, 6.07) is 27.8. The van der Waals surface area contributed by atoms with E-state index in [1.54, 1.807) is 12.1 Å². The highest BCUT2D eigenvalue weighted by molar-refractivity contribution is 6.23. The van der Waals surface area contributed by atoms with Crippen LogP contribution in [0.1, 0.15) is 101 Å². The number of imide groups is 2. The van der Waals surface area contributed by atoms with Crippen molar-refractivity contribution in [1.29, 1.82) is 0 Å². The zero-order valence-electron chi connectivity index (χ0n) is 33.5. The average Bonchev–Trinajstić information content (AvgIpc) is 3.48. The number of carbonyl (C=O) groups is 4. The molecule has 0 bridgehead atoms. The number of hydrogen-bond acceptors (Lipinski definition) is 8. The van der Waals surface area contributed by atoms with Gasteiger partial charge in [0.1, 0.15) is 30.0 Å². The molecule has 1 atom stereocenters. The van der Waals surface area contributed by atoms with Gasteiger partial charge in [-0.15, -0.1) is 0 Å². The molecule has 4 aromatic carbocycles. The maximum absolute atomic E-state index is 15.5. The third-order valence-electron chi connectivity index (χ3n) is 12.6. The molecule has 3 fully saturated rings.